The zero-order valence-electron chi connectivity index (χ0n) is 11.3. The summed E-state index contributed by atoms with van der Waals surface area (Å²) in [6, 6.07) is 9.77. The molecule has 0 aliphatic rings. The van der Waals surface area contributed by atoms with E-state index in [0.29, 0.717) is 19.5 Å². The van der Waals surface area contributed by atoms with Crippen LogP contribution < -0.4 is 0 Å². The van der Waals surface area contributed by atoms with Crippen LogP contribution in [0.5, 0.6) is 0 Å². The lowest BCUT2D eigenvalue weighted by atomic mass is 10.2. The van der Waals surface area contributed by atoms with Gasteiger partial charge in [0.25, 0.3) is 0 Å². The van der Waals surface area contributed by atoms with Crippen LogP contribution in [0.1, 0.15) is 32.3 Å². The maximum absolute atomic E-state index is 12.2. The molecule has 0 saturated carbocycles. The van der Waals surface area contributed by atoms with Gasteiger partial charge < -0.3 is 0 Å². The molecule has 0 unspecified atom stereocenters. The summed E-state index contributed by atoms with van der Waals surface area (Å²) in [5, 5.41) is 0. The molecule has 0 heterocycles. The molecule has 0 saturated heterocycles. The highest BCUT2D eigenvalue weighted by Gasteiger charge is 2.19. The van der Waals surface area contributed by atoms with Gasteiger partial charge >= 0.3 is 0 Å². The third-order valence-corrected chi connectivity index (χ3v) is 4.70. The molecule has 0 amide bonds. The molecule has 0 aromatic heterocycles. The van der Waals surface area contributed by atoms with Crippen LogP contribution in [0.4, 0.5) is 0 Å². The van der Waals surface area contributed by atoms with Gasteiger partial charge in [-0.1, -0.05) is 44.2 Å². The Morgan fingerprint density at radius 3 is 2.06 bits per heavy atom. The lowest BCUT2D eigenvalue weighted by molar-refractivity contribution is 0.410. The van der Waals surface area contributed by atoms with Crippen LogP contribution in [0.15, 0.2) is 30.3 Å². The standard InChI is InChI=1S/C14H23NO2S/c1-3-11-15(12-4-2)18(16,17)13-10-14-8-6-5-7-9-14/h5-9H,3-4,10-13H2,1-2H3. The normalized spacial score (nSPS) is 11.9. The number of hydrogen-bond acceptors (Lipinski definition) is 2. The summed E-state index contributed by atoms with van der Waals surface area (Å²) in [5.74, 6) is 0.205. The minimum atomic E-state index is -3.11. The molecule has 3 nitrogen and oxygen atoms in total. The Bertz CT molecular complexity index is 422. The van der Waals surface area contributed by atoms with Crippen molar-refractivity contribution in [2.24, 2.45) is 0 Å². The summed E-state index contributed by atoms with van der Waals surface area (Å²) in [6.45, 7) is 5.28. The van der Waals surface area contributed by atoms with Gasteiger partial charge in [-0.15, -0.1) is 0 Å². The zero-order chi connectivity index (χ0) is 13.4. The van der Waals surface area contributed by atoms with Crippen LogP contribution in [0.25, 0.3) is 0 Å². The third kappa shape index (κ3) is 4.78. The van der Waals surface area contributed by atoms with E-state index in [2.05, 4.69) is 0 Å². The first-order valence-corrected chi connectivity index (χ1v) is 8.22. The molecule has 18 heavy (non-hydrogen) atoms. The van der Waals surface area contributed by atoms with Gasteiger partial charge in [0.2, 0.25) is 10.0 Å². The molecule has 4 heteroatoms. The maximum atomic E-state index is 12.2. The summed E-state index contributed by atoms with van der Waals surface area (Å²) in [4.78, 5) is 0. The Hall–Kier alpha value is -0.870. The Kier molecular flexibility index (Phi) is 6.36. The Morgan fingerprint density at radius 1 is 1.00 bits per heavy atom. The van der Waals surface area contributed by atoms with Gasteiger partial charge in [-0.3, -0.25) is 0 Å². The van der Waals surface area contributed by atoms with E-state index in [9.17, 15) is 8.42 Å². The van der Waals surface area contributed by atoms with Gasteiger partial charge in [-0.05, 0) is 24.8 Å². The van der Waals surface area contributed by atoms with Gasteiger partial charge in [0.15, 0.2) is 0 Å². The van der Waals surface area contributed by atoms with Crippen LogP contribution in [0, 0.1) is 0 Å². The van der Waals surface area contributed by atoms with Crippen molar-refractivity contribution in [1.29, 1.82) is 0 Å². The molecule has 0 N–H and O–H groups in total. The number of benzene rings is 1. The van der Waals surface area contributed by atoms with Gasteiger partial charge in [0, 0.05) is 13.1 Å². The molecule has 0 radical (unpaired) electrons. The maximum Gasteiger partial charge on any atom is 0.214 e. The number of hydrogen-bond donors (Lipinski definition) is 0. The second-order valence-electron chi connectivity index (χ2n) is 4.45. The quantitative estimate of drug-likeness (QED) is 0.727. The fourth-order valence-corrected chi connectivity index (χ4v) is 3.58. The van der Waals surface area contributed by atoms with Crippen LogP contribution in [0.2, 0.25) is 0 Å². The predicted octanol–water partition coefficient (Wildman–Crippen LogP) is 2.68. The van der Waals surface area contributed by atoms with Crippen LogP contribution >= 0.6 is 0 Å². The highest BCUT2D eigenvalue weighted by Crippen LogP contribution is 2.08. The monoisotopic (exact) mass is 269 g/mol. The molecule has 0 atom stereocenters. The van der Waals surface area contributed by atoms with E-state index in [-0.39, 0.29) is 5.75 Å². The third-order valence-electron chi connectivity index (χ3n) is 2.83. The van der Waals surface area contributed by atoms with Crippen LogP contribution in [-0.4, -0.2) is 31.6 Å². The van der Waals surface area contributed by atoms with E-state index in [0.717, 1.165) is 18.4 Å². The average Bonchev–Trinajstić information content (AvgIpc) is 2.37. The Labute approximate surface area is 111 Å². The molecular weight excluding hydrogens is 246 g/mol. The molecule has 0 aliphatic carbocycles. The second-order valence-corrected chi connectivity index (χ2v) is 6.54. The van der Waals surface area contributed by atoms with Crippen LogP contribution in [0.3, 0.4) is 0 Å². The summed E-state index contributed by atoms with van der Waals surface area (Å²) in [5.41, 5.74) is 1.08. The molecule has 1 rings (SSSR count). The first-order valence-electron chi connectivity index (χ1n) is 6.62. The number of nitrogens with zero attached hydrogens (tertiary/aromatic N) is 1. The zero-order valence-corrected chi connectivity index (χ0v) is 12.1. The molecule has 0 fully saturated rings. The smallest absolute Gasteiger partial charge is 0.212 e. The molecule has 1 aromatic carbocycles. The molecule has 102 valence electrons. The van der Waals surface area contributed by atoms with Crippen LogP contribution in [-0.2, 0) is 16.4 Å². The van der Waals surface area contributed by atoms with E-state index >= 15 is 0 Å². The molecule has 1 aromatic rings. The minimum absolute atomic E-state index is 0.205. The SMILES string of the molecule is CCCN(CCC)S(=O)(=O)CCc1ccccc1. The molecule has 0 bridgehead atoms. The van der Waals surface area contributed by atoms with E-state index in [1.165, 1.54) is 0 Å². The Morgan fingerprint density at radius 2 is 1.56 bits per heavy atom. The number of sulfonamides is 1. The van der Waals surface area contributed by atoms with Crippen molar-refractivity contribution in [2.75, 3.05) is 18.8 Å². The average molecular weight is 269 g/mol. The fraction of sp³-hybridized carbons (Fsp3) is 0.571. The summed E-state index contributed by atoms with van der Waals surface area (Å²) in [6.07, 6.45) is 2.32. The van der Waals surface area contributed by atoms with E-state index in [4.69, 9.17) is 0 Å². The first-order chi connectivity index (χ1) is 8.60. The van der Waals surface area contributed by atoms with Crippen molar-refractivity contribution in [2.45, 2.75) is 33.1 Å². The van der Waals surface area contributed by atoms with Gasteiger partial charge in [0.1, 0.15) is 0 Å². The summed E-state index contributed by atoms with van der Waals surface area (Å²) < 4.78 is 26.0. The van der Waals surface area contributed by atoms with Crippen molar-refractivity contribution in [3.05, 3.63) is 35.9 Å². The lowest BCUT2D eigenvalue weighted by Crippen LogP contribution is -2.34. The van der Waals surface area contributed by atoms with Gasteiger partial charge in [-0.25, -0.2) is 12.7 Å². The van der Waals surface area contributed by atoms with Crippen molar-refractivity contribution in [3.8, 4) is 0 Å². The highest BCUT2D eigenvalue weighted by molar-refractivity contribution is 7.89. The first kappa shape index (κ1) is 15.2. The van der Waals surface area contributed by atoms with Crippen molar-refractivity contribution in [3.63, 3.8) is 0 Å². The lowest BCUT2D eigenvalue weighted by Gasteiger charge is -2.20. The van der Waals surface area contributed by atoms with E-state index in [1.807, 2.05) is 44.2 Å². The predicted molar refractivity (Wildman–Crippen MR) is 76.1 cm³/mol. The van der Waals surface area contributed by atoms with E-state index in [1.54, 1.807) is 4.31 Å². The molecule has 0 aliphatic heterocycles. The molecular formula is C14H23NO2S. The van der Waals surface area contributed by atoms with Crippen molar-refractivity contribution < 1.29 is 8.42 Å². The highest BCUT2D eigenvalue weighted by atomic mass is 32.2. The Balaban J connectivity index is 2.62. The summed E-state index contributed by atoms with van der Waals surface area (Å²) >= 11 is 0. The summed E-state index contributed by atoms with van der Waals surface area (Å²) in [7, 11) is -3.11. The largest absolute Gasteiger partial charge is 0.214 e. The second kappa shape index (κ2) is 7.54. The van der Waals surface area contributed by atoms with E-state index < -0.39 is 10.0 Å². The van der Waals surface area contributed by atoms with Crippen molar-refractivity contribution in [1.82, 2.24) is 4.31 Å². The number of rotatable bonds is 8. The van der Waals surface area contributed by atoms with Gasteiger partial charge in [0.05, 0.1) is 5.75 Å². The number of aryl methyl sites for hydroxylation is 1. The van der Waals surface area contributed by atoms with Gasteiger partial charge in [-0.2, -0.15) is 0 Å². The molecule has 0 spiro atoms. The fourth-order valence-electron chi connectivity index (χ4n) is 1.91. The topological polar surface area (TPSA) is 37.4 Å². The van der Waals surface area contributed by atoms with Crippen molar-refractivity contribution >= 4 is 10.0 Å². The minimum Gasteiger partial charge on any atom is -0.212 e.